The minimum absolute atomic E-state index is 0.0593. The van der Waals surface area contributed by atoms with Crippen LogP contribution in [0.25, 0.3) is 0 Å². The Hall–Kier alpha value is -2.15. The summed E-state index contributed by atoms with van der Waals surface area (Å²) >= 11 is 5.63. The Morgan fingerprint density at radius 2 is 2.12 bits per heavy atom. The molecule has 0 aliphatic carbocycles. The van der Waals surface area contributed by atoms with Crippen molar-refractivity contribution in [3.05, 3.63) is 50.9 Å². The molecule has 0 amide bonds. The van der Waals surface area contributed by atoms with Gasteiger partial charge in [-0.1, -0.05) is 11.6 Å². The van der Waals surface area contributed by atoms with Crippen LogP contribution in [0.5, 0.6) is 5.88 Å². The highest BCUT2D eigenvalue weighted by Gasteiger charge is 2.32. The molecule has 3 heterocycles. The zero-order valence-electron chi connectivity index (χ0n) is 13.3. The summed E-state index contributed by atoms with van der Waals surface area (Å²) in [5.74, 6) is -1.15. The van der Waals surface area contributed by atoms with E-state index in [0.717, 1.165) is 37.7 Å². The molecule has 1 unspecified atom stereocenters. The molecule has 1 aromatic heterocycles. The number of piperidine rings is 1. The molecule has 1 fully saturated rings. The monoisotopic (exact) mass is 367 g/mol. The summed E-state index contributed by atoms with van der Waals surface area (Å²) in [5, 5.41) is -0.309. The molecule has 0 radical (unpaired) electrons. The van der Waals surface area contributed by atoms with Gasteiger partial charge in [-0.2, -0.15) is 4.98 Å². The van der Waals surface area contributed by atoms with Crippen LogP contribution in [0.1, 0.15) is 24.8 Å². The van der Waals surface area contributed by atoms with E-state index in [1.165, 1.54) is 6.07 Å². The lowest BCUT2D eigenvalue weighted by Crippen LogP contribution is -2.36. The number of hydrogen-bond acceptors (Lipinski definition) is 4. The van der Waals surface area contributed by atoms with Crippen LogP contribution in [0.15, 0.2) is 23.0 Å². The molecule has 2 aliphatic rings. The lowest BCUT2D eigenvalue weighted by atomic mass is 10.0. The van der Waals surface area contributed by atoms with E-state index < -0.39 is 11.6 Å². The van der Waals surface area contributed by atoms with Gasteiger partial charge < -0.3 is 9.64 Å². The Bertz CT molecular complexity index is 864. The van der Waals surface area contributed by atoms with Gasteiger partial charge in [-0.15, -0.1) is 0 Å². The zero-order valence-corrected chi connectivity index (χ0v) is 14.1. The largest absolute Gasteiger partial charge is 0.473 e. The molecule has 5 nitrogen and oxygen atoms in total. The van der Waals surface area contributed by atoms with Crippen LogP contribution >= 0.6 is 11.6 Å². The number of rotatable bonds is 3. The van der Waals surface area contributed by atoms with Gasteiger partial charge in [0.1, 0.15) is 12.4 Å². The number of aromatic nitrogens is 2. The van der Waals surface area contributed by atoms with Crippen LogP contribution in [0, 0.1) is 11.6 Å². The highest BCUT2D eigenvalue weighted by molar-refractivity contribution is 6.30. The quantitative estimate of drug-likeness (QED) is 0.782. The number of anilines is 1. The van der Waals surface area contributed by atoms with Crippen molar-refractivity contribution in [3.63, 3.8) is 0 Å². The molecule has 2 aromatic rings. The van der Waals surface area contributed by atoms with Crippen LogP contribution in [-0.2, 0) is 13.2 Å². The first-order valence-electron chi connectivity index (χ1n) is 8.17. The van der Waals surface area contributed by atoms with Crippen molar-refractivity contribution in [2.45, 2.75) is 38.5 Å². The first-order valence-corrected chi connectivity index (χ1v) is 8.55. The van der Waals surface area contributed by atoms with E-state index in [0.29, 0.717) is 18.2 Å². The summed E-state index contributed by atoms with van der Waals surface area (Å²) in [6.45, 7) is 1.50. The molecule has 8 heteroatoms. The summed E-state index contributed by atoms with van der Waals surface area (Å²) in [5.41, 5.74) is 0.00682. The molecule has 0 spiro atoms. The van der Waals surface area contributed by atoms with Crippen molar-refractivity contribution < 1.29 is 13.5 Å². The fourth-order valence-electron chi connectivity index (χ4n) is 3.51. The lowest BCUT2D eigenvalue weighted by Gasteiger charge is -2.30. The third-order valence-corrected chi connectivity index (χ3v) is 4.99. The number of hydrogen-bond donors (Lipinski definition) is 0. The van der Waals surface area contributed by atoms with Crippen molar-refractivity contribution in [2.24, 2.45) is 0 Å². The normalized spacial score (nSPS) is 18.8. The summed E-state index contributed by atoms with van der Waals surface area (Å²) < 4.78 is 33.8. The van der Waals surface area contributed by atoms with Crippen molar-refractivity contribution in [1.82, 2.24) is 9.55 Å². The minimum atomic E-state index is -1.09. The van der Waals surface area contributed by atoms with Crippen LogP contribution in [0.4, 0.5) is 14.6 Å². The molecule has 1 aromatic carbocycles. The van der Waals surface area contributed by atoms with E-state index in [4.69, 9.17) is 16.3 Å². The van der Waals surface area contributed by atoms with Crippen molar-refractivity contribution in [1.29, 1.82) is 0 Å². The number of nitrogens with zero attached hydrogens (tertiary/aromatic N) is 3. The fraction of sp³-hybridized carbons (Fsp3) is 0.412. The maximum atomic E-state index is 13.4. The van der Waals surface area contributed by atoms with Gasteiger partial charge in [0.15, 0.2) is 11.6 Å². The molecular formula is C17H16ClF2N3O2. The summed E-state index contributed by atoms with van der Waals surface area (Å²) in [4.78, 5) is 18.4. The highest BCUT2D eigenvalue weighted by atomic mass is 35.5. The molecular weight excluding hydrogens is 352 g/mol. The second-order valence-corrected chi connectivity index (χ2v) is 6.76. The van der Waals surface area contributed by atoms with E-state index in [9.17, 15) is 13.6 Å². The smallest absolute Gasteiger partial charge is 0.352 e. The van der Waals surface area contributed by atoms with Gasteiger partial charge in [0.25, 0.3) is 0 Å². The second-order valence-electron chi connectivity index (χ2n) is 6.35. The van der Waals surface area contributed by atoms with E-state index >= 15 is 0 Å². The van der Waals surface area contributed by atoms with Crippen LogP contribution in [0.2, 0.25) is 5.02 Å². The van der Waals surface area contributed by atoms with Gasteiger partial charge in [0.05, 0.1) is 5.02 Å². The molecule has 25 heavy (non-hydrogen) atoms. The second kappa shape index (κ2) is 6.29. The lowest BCUT2D eigenvalue weighted by molar-refractivity contribution is 0.290. The van der Waals surface area contributed by atoms with Gasteiger partial charge in [-0.25, -0.2) is 13.6 Å². The minimum Gasteiger partial charge on any atom is -0.473 e. The molecule has 0 bridgehead atoms. The maximum Gasteiger partial charge on any atom is 0.352 e. The van der Waals surface area contributed by atoms with E-state index in [1.807, 2.05) is 0 Å². The Kier molecular flexibility index (Phi) is 4.11. The van der Waals surface area contributed by atoms with E-state index in [2.05, 4.69) is 9.88 Å². The number of fused-ring (bicyclic) bond motifs is 3. The summed E-state index contributed by atoms with van der Waals surface area (Å²) in [7, 11) is 0. The third-order valence-electron chi connectivity index (χ3n) is 4.71. The number of benzene rings is 1. The van der Waals surface area contributed by atoms with Crippen molar-refractivity contribution in [2.75, 3.05) is 11.4 Å². The topological polar surface area (TPSA) is 47.4 Å². The first kappa shape index (κ1) is 16.3. The summed E-state index contributed by atoms with van der Waals surface area (Å²) in [6.07, 6.45) is 3.32. The van der Waals surface area contributed by atoms with Crippen molar-refractivity contribution in [3.8, 4) is 5.88 Å². The molecule has 0 saturated carbocycles. The average Bonchev–Trinajstić information content (AvgIpc) is 2.97. The Morgan fingerprint density at radius 3 is 2.92 bits per heavy atom. The zero-order chi connectivity index (χ0) is 17.6. The van der Waals surface area contributed by atoms with Gasteiger partial charge >= 0.3 is 5.69 Å². The van der Waals surface area contributed by atoms with Gasteiger partial charge in [-0.05, 0) is 37.0 Å². The highest BCUT2D eigenvalue weighted by Crippen LogP contribution is 2.32. The number of halogens is 3. The Labute approximate surface area is 147 Å². The predicted octanol–water partition coefficient (Wildman–Crippen LogP) is 3.13. The predicted molar refractivity (Wildman–Crippen MR) is 89.2 cm³/mol. The van der Waals surface area contributed by atoms with Crippen LogP contribution in [-0.4, -0.2) is 22.1 Å². The molecule has 1 saturated heterocycles. The van der Waals surface area contributed by atoms with Gasteiger partial charge in [-0.3, -0.25) is 4.57 Å². The van der Waals surface area contributed by atoms with Crippen LogP contribution < -0.4 is 15.3 Å². The van der Waals surface area contributed by atoms with Gasteiger partial charge in [0, 0.05) is 25.2 Å². The Balaban J connectivity index is 1.57. The standard InChI is InChI=1S/C17H16ClF2N3O2/c18-12-5-10(6-13(19)16(12)20)9-25-14-7-15-22-4-2-1-3-11(22)8-23(15)17(24)21-14/h5-7,11H,1-4,8-9H2. The molecule has 0 N–H and O–H groups in total. The molecule has 132 valence electrons. The SMILES string of the molecule is O=c1nc(OCc2cc(F)c(F)c(Cl)c2)cc2n1CC1CCCCN21. The molecule has 4 rings (SSSR count). The summed E-state index contributed by atoms with van der Waals surface area (Å²) in [6, 6.07) is 4.38. The fourth-order valence-corrected chi connectivity index (χ4v) is 3.74. The Morgan fingerprint density at radius 1 is 1.28 bits per heavy atom. The number of ether oxygens (including phenoxy) is 1. The average molecular weight is 368 g/mol. The van der Waals surface area contributed by atoms with E-state index in [1.54, 1.807) is 10.6 Å². The molecule has 2 aliphatic heterocycles. The molecule has 1 atom stereocenters. The van der Waals surface area contributed by atoms with Gasteiger partial charge in [0.2, 0.25) is 5.88 Å². The maximum absolute atomic E-state index is 13.4. The van der Waals surface area contributed by atoms with Crippen molar-refractivity contribution >= 4 is 17.4 Å². The van der Waals surface area contributed by atoms with E-state index in [-0.39, 0.29) is 23.2 Å². The first-order chi connectivity index (χ1) is 12.0. The third kappa shape index (κ3) is 2.97. The van der Waals surface area contributed by atoms with Crippen LogP contribution in [0.3, 0.4) is 0 Å².